The van der Waals surface area contributed by atoms with Gasteiger partial charge in [-0.1, -0.05) is 11.6 Å². The first kappa shape index (κ1) is 12.6. The molecular weight excluding hydrogens is 282 g/mol. The maximum atomic E-state index is 11.7. The molecule has 3 aromatic rings. The third-order valence-electron chi connectivity index (χ3n) is 2.98. The zero-order valence-electron chi connectivity index (χ0n) is 10.5. The predicted octanol–water partition coefficient (Wildman–Crippen LogP) is 0.944. The fourth-order valence-electron chi connectivity index (χ4n) is 2.01. The number of hydrogen-bond donors (Lipinski definition) is 1. The van der Waals surface area contributed by atoms with Crippen LogP contribution in [0.25, 0.3) is 16.9 Å². The smallest absolute Gasteiger partial charge is 0.334 e. The van der Waals surface area contributed by atoms with Gasteiger partial charge < -0.3 is 4.57 Å². The van der Waals surface area contributed by atoms with E-state index in [0.29, 0.717) is 16.4 Å². The number of aromatic amines is 1. The average molecular weight is 292 g/mol. The van der Waals surface area contributed by atoms with Crippen molar-refractivity contribution in [3.8, 4) is 5.82 Å². The maximum Gasteiger partial charge on any atom is 0.334 e. The third kappa shape index (κ3) is 1.92. The standard InChI is InChI=1S/C12H10ClN5O2/c1-2-17-6-7(13)11-8(17)5-9(15-16-11)18-4-3-10(19)14-12(18)20/h3-6H,2H2,1H3,(H,14,19,20). The molecule has 1 N–H and O–H groups in total. The highest BCUT2D eigenvalue weighted by Gasteiger charge is 2.11. The monoisotopic (exact) mass is 291 g/mol. The highest BCUT2D eigenvalue weighted by atomic mass is 35.5. The van der Waals surface area contributed by atoms with Gasteiger partial charge in [0, 0.05) is 31.1 Å². The van der Waals surface area contributed by atoms with E-state index in [1.165, 1.54) is 16.8 Å². The van der Waals surface area contributed by atoms with Gasteiger partial charge in [-0.25, -0.2) is 4.79 Å². The summed E-state index contributed by atoms with van der Waals surface area (Å²) in [5, 5.41) is 8.51. The number of rotatable bonds is 2. The Morgan fingerprint density at radius 1 is 1.35 bits per heavy atom. The van der Waals surface area contributed by atoms with Crippen LogP contribution in [0, 0.1) is 0 Å². The molecule has 0 fully saturated rings. The van der Waals surface area contributed by atoms with Crippen molar-refractivity contribution in [3.63, 3.8) is 0 Å². The van der Waals surface area contributed by atoms with Gasteiger partial charge in [0.05, 0.1) is 10.5 Å². The Morgan fingerprint density at radius 2 is 2.15 bits per heavy atom. The summed E-state index contributed by atoms with van der Waals surface area (Å²) in [5.41, 5.74) is 0.336. The largest absolute Gasteiger partial charge is 0.345 e. The van der Waals surface area contributed by atoms with Crippen LogP contribution in [0.1, 0.15) is 6.92 Å². The van der Waals surface area contributed by atoms with Crippen molar-refractivity contribution in [1.29, 1.82) is 0 Å². The molecule has 0 unspecified atom stereocenters. The Morgan fingerprint density at radius 3 is 2.85 bits per heavy atom. The second-order valence-corrected chi connectivity index (χ2v) is 4.59. The number of aromatic nitrogens is 5. The molecule has 0 saturated carbocycles. The topological polar surface area (TPSA) is 85.6 Å². The lowest BCUT2D eigenvalue weighted by Gasteiger charge is -2.04. The van der Waals surface area contributed by atoms with Crippen LogP contribution in [-0.2, 0) is 6.54 Å². The summed E-state index contributed by atoms with van der Waals surface area (Å²) in [5.74, 6) is 0.322. The minimum Gasteiger partial charge on any atom is -0.345 e. The van der Waals surface area contributed by atoms with E-state index >= 15 is 0 Å². The first-order valence-corrected chi connectivity index (χ1v) is 6.32. The van der Waals surface area contributed by atoms with E-state index in [4.69, 9.17) is 11.6 Å². The van der Waals surface area contributed by atoms with Crippen LogP contribution in [0.15, 0.2) is 34.1 Å². The van der Waals surface area contributed by atoms with Gasteiger partial charge in [-0.3, -0.25) is 14.3 Å². The van der Waals surface area contributed by atoms with Gasteiger partial charge in [-0.15, -0.1) is 10.2 Å². The highest BCUT2D eigenvalue weighted by Crippen LogP contribution is 2.24. The summed E-state index contributed by atoms with van der Waals surface area (Å²) in [7, 11) is 0. The summed E-state index contributed by atoms with van der Waals surface area (Å²) in [4.78, 5) is 25.0. The SMILES string of the molecule is CCn1cc(Cl)c2nnc(-n3ccc(=O)[nH]c3=O)cc21. The molecule has 20 heavy (non-hydrogen) atoms. The first-order chi connectivity index (χ1) is 9.60. The van der Waals surface area contributed by atoms with E-state index in [2.05, 4.69) is 15.2 Å². The Hall–Kier alpha value is -2.41. The lowest BCUT2D eigenvalue weighted by Crippen LogP contribution is -2.28. The fourth-order valence-corrected chi connectivity index (χ4v) is 2.26. The molecule has 0 bridgehead atoms. The number of nitrogens with one attached hydrogen (secondary N) is 1. The lowest BCUT2D eigenvalue weighted by atomic mass is 10.4. The van der Waals surface area contributed by atoms with Crippen molar-refractivity contribution in [1.82, 2.24) is 24.3 Å². The summed E-state index contributed by atoms with van der Waals surface area (Å²) >= 11 is 6.07. The van der Waals surface area contributed by atoms with Crippen molar-refractivity contribution in [2.24, 2.45) is 0 Å². The minimum absolute atomic E-state index is 0.322. The zero-order chi connectivity index (χ0) is 14.3. The van der Waals surface area contributed by atoms with Crippen LogP contribution in [-0.4, -0.2) is 24.3 Å². The van der Waals surface area contributed by atoms with Crippen molar-refractivity contribution >= 4 is 22.6 Å². The van der Waals surface area contributed by atoms with E-state index in [0.717, 1.165) is 12.1 Å². The number of hydrogen-bond acceptors (Lipinski definition) is 4. The molecule has 102 valence electrons. The molecule has 0 aliphatic carbocycles. The molecular formula is C12H10ClN5O2. The normalized spacial score (nSPS) is 11.1. The van der Waals surface area contributed by atoms with Crippen molar-refractivity contribution in [2.75, 3.05) is 0 Å². The van der Waals surface area contributed by atoms with Crippen molar-refractivity contribution < 1.29 is 0 Å². The molecule has 3 heterocycles. The van der Waals surface area contributed by atoms with Gasteiger partial charge in [0.1, 0.15) is 5.52 Å². The van der Waals surface area contributed by atoms with E-state index in [1.54, 1.807) is 12.3 Å². The molecule has 0 atom stereocenters. The van der Waals surface area contributed by atoms with Gasteiger partial charge in [0.25, 0.3) is 5.56 Å². The summed E-state index contributed by atoms with van der Waals surface area (Å²) in [6, 6.07) is 2.95. The summed E-state index contributed by atoms with van der Waals surface area (Å²) < 4.78 is 3.13. The van der Waals surface area contributed by atoms with Crippen LogP contribution < -0.4 is 11.2 Å². The second kappa shape index (κ2) is 4.61. The van der Waals surface area contributed by atoms with E-state index in [9.17, 15) is 9.59 Å². The molecule has 0 aliphatic heterocycles. The van der Waals surface area contributed by atoms with Crippen LogP contribution in [0.2, 0.25) is 5.02 Å². The van der Waals surface area contributed by atoms with E-state index in [1.807, 2.05) is 11.5 Å². The van der Waals surface area contributed by atoms with Crippen molar-refractivity contribution in [2.45, 2.75) is 13.5 Å². The maximum absolute atomic E-state index is 11.7. The van der Waals surface area contributed by atoms with Gasteiger partial charge >= 0.3 is 5.69 Å². The predicted molar refractivity (Wildman–Crippen MR) is 74.4 cm³/mol. The fraction of sp³-hybridized carbons (Fsp3) is 0.167. The summed E-state index contributed by atoms with van der Waals surface area (Å²) in [6.45, 7) is 2.69. The number of aryl methyl sites for hydroxylation is 1. The molecule has 0 aromatic carbocycles. The molecule has 3 aromatic heterocycles. The summed E-state index contributed by atoms with van der Waals surface area (Å²) in [6.07, 6.45) is 3.12. The number of fused-ring (bicyclic) bond motifs is 1. The van der Waals surface area contributed by atoms with Crippen LogP contribution in [0.4, 0.5) is 0 Å². The average Bonchev–Trinajstić information content (AvgIpc) is 2.75. The van der Waals surface area contributed by atoms with E-state index < -0.39 is 11.2 Å². The van der Waals surface area contributed by atoms with Gasteiger partial charge in [0.15, 0.2) is 5.82 Å². The number of halogens is 1. The Bertz CT molecular complexity index is 908. The molecule has 7 nitrogen and oxygen atoms in total. The molecule has 0 radical (unpaired) electrons. The number of nitrogens with zero attached hydrogens (tertiary/aromatic N) is 4. The Labute approximate surface area is 117 Å². The molecule has 3 rings (SSSR count). The lowest BCUT2D eigenvalue weighted by molar-refractivity contribution is 0.791. The van der Waals surface area contributed by atoms with Crippen LogP contribution in [0.3, 0.4) is 0 Å². The third-order valence-corrected chi connectivity index (χ3v) is 3.25. The highest BCUT2D eigenvalue weighted by molar-refractivity contribution is 6.35. The second-order valence-electron chi connectivity index (χ2n) is 4.18. The van der Waals surface area contributed by atoms with Crippen molar-refractivity contribution in [3.05, 3.63) is 50.4 Å². The van der Waals surface area contributed by atoms with Gasteiger partial charge in [0.2, 0.25) is 0 Å². The van der Waals surface area contributed by atoms with E-state index in [-0.39, 0.29) is 0 Å². The van der Waals surface area contributed by atoms with Gasteiger partial charge in [-0.05, 0) is 6.92 Å². The minimum atomic E-state index is -0.563. The molecule has 0 amide bonds. The first-order valence-electron chi connectivity index (χ1n) is 5.94. The Kier molecular flexibility index (Phi) is 2.90. The molecule has 0 aliphatic rings. The van der Waals surface area contributed by atoms with Gasteiger partial charge in [-0.2, -0.15) is 0 Å². The zero-order valence-corrected chi connectivity index (χ0v) is 11.3. The van der Waals surface area contributed by atoms with Crippen LogP contribution >= 0.6 is 11.6 Å². The Balaban J connectivity index is 2.27. The molecule has 8 heteroatoms. The molecule has 0 saturated heterocycles. The van der Waals surface area contributed by atoms with Crippen LogP contribution in [0.5, 0.6) is 0 Å². The molecule has 0 spiro atoms. The quantitative estimate of drug-likeness (QED) is 0.761. The number of H-pyrrole nitrogens is 1.